The summed E-state index contributed by atoms with van der Waals surface area (Å²) in [7, 11) is 1.38. The van der Waals surface area contributed by atoms with Gasteiger partial charge in [-0.05, 0) is 31.0 Å². The summed E-state index contributed by atoms with van der Waals surface area (Å²) in [6.07, 6.45) is 3.89. The fourth-order valence-corrected chi connectivity index (χ4v) is 3.70. The Morgan fingerprint density at radius 3 is 2.75 bits per heavy atom. The van der Waals surface area contributed by atoms with Crippen molar-refractivity contribution in [3.8, 4) is 0 Å². The summed E-state index contributed by atoms with van der Waals surface area (Å²) >= 11 is 0. The summed E-state index contributed by atoms with van der Waals surface area (Å²) in [5.41, 5.74) is 4.95. The zero-order valence-corrected chi connectivity index (χ0v) is 16.3. The van der Waals surface area contributed by atoms with Crippen molar-refractivity contribution in [3.63, 3.8) is 0 Å². The number of pyridine rings is 1. The van der Waals surface area contributed by atoms with Crippen molar-refractivity contribution in [2.24, 2.45) is 0 Å². The molecule has 0 unspecified atom stereocenters. The van der Waals surface area contributed by atoms with Gasteiger partial charge in [0.2, 0.25) is 0 Å². The van der Waals surface area contributed by atoms with Crippen LogP contribution < -0.4 is 4.90 Å². The van der Waals surface area contributed by atoms with E-state index in [0.29, 0.717) is 11.3 Å². The van der Waals surface area contributed by atoms with Crippen LogP contribution >= 0.6 is 0 Å². The Morgan fingerprint density at radius 1 is 1.18 bits per heavy atom. The molecule has 0 spiro atoms. The molecular formula is C22H24N4O2. The molecule has 0 fully saturated rings. The smallest absolute Gasteiger partial charge is 0.339 e. The van der Waals surface area contributed by atoms with Gasteiger partial charge in [0.1, 0.15) is 5.82 Å². The van der Waals surface area contributed by atoms with Gasteiger partial charge in [0.15, 0.2) is 0 Å². The Kier molecular flexibility index (Phi) is 5.10. The van der Waals surface area contributed by atoms with Crippen molar-refractivity contribution in [1.82, 2.24) is 14.5 Å². The number of hydrogen-bond donors (Lipinski definition) is 0. The number of fused-ring (bicyclic) bond motifs is 1. The second-order valence-corrected chi connectivity index (χ2v) is 7.03. The molecule has 4 rings (SSSR count). The maximum absolute atomic E-state index is 11.8. The normalized spacial score (nSPS) is 13.3. The molecule has 1 aliphatic rings. The van der Waals surface area contributed by atoms with Crippen LogP contribution in [0.5, 0.6) is 0 Å². The first kappa shape index (κ1) is 18.2. The molecule has 0 radical (unpaired) electrons. The first-order valence-electron chi connectivity index (χ1n) is 9.53. The van der Waals surface area contributed by atoms with Crippen molar-refractivity contribution in [3.05, 3.63) is 77.0 Å². The third-order valence-corrected chi connectivity index (χ3v) is 5.28. The minimum absolute atomic E-state index is 0.352. The van der Waals surface area contributed by atoms with E-state index in [0.717, 1.165) is 44.0 Å². The topological polar surface area (TPSA) is 60.2 Å². The number of benzene rings is 1. The van der Waals surface area contributed by atoms with Crippen LogP contribution in [0, 0.1) is 6.92 Å². The lowest BCUT2D eigenvalue weighted by molar-refractivity contribution is 0.0599. The number of rotatable bonds is 5. The number of carbonyl (C=O) groups is 1. The van der Waals surface area contributed by atoms with Crippen molar-refractivity contribution in [2.45, 2.75) is 32.9 Å². The fraction of sp³-hybridized carbons (Fsp3) is 0.318. The van der Waals surface area contributed by atoms with Crippen molar-refractivity contribution < 1.29 is 9.53 Å². The number of ether oxygens (including phenoxy) is 1. The highest BCUT2D eigenvalue weighted by molar-refractivity contribution is 5.90. The third-order valence-electron chi connectivity index (χ3n) is 5.28. The summed E-state index contributed by atoms with van der Waals surface area (Å²) in [6.45, 7) is 4.40. The molecule has 0 bridgehead atoms. The van der Waals surface area contributed by atoms with Crippen molar-refractivity contribution in [2.75, 3.05) is 18.6 Å². The van der Waals surface area contributed by atoms with E-state index in [-0.39, 0.29) is 5.97 Å². The van der Waals surface area contributed by atoms with Gasteiger partial charge in [-0.25, -0.2) is 14.8 Å². The highest BCUT2D eigenvalue weighted by Gasteiger charge is 2.22. The number of hydrogen-bond acceptors (Lipinski definition) is 5. The summed E-state index contributed by atoms with van der Waals surface area (Å²) in [5, 5.41) is 0. The molecule has 3 heterocycles. The first-order valence-corrected chi connectivity index (χ1v) is 9.53. The Labute approximate surface area is 164 Å². The van der Waals surface area contributed by atoms with Crippen molar-refractivity contribution >= 4 is 11.8 Å². The summed E-state index contributed by atoms with van der Waals surface area (Å²) < 4.78 is 7.08. The summed E-state index contributed by atoms with van der Waals surface area (Å²) in [4.78, 5) is 23.2. The Balaban J connectivity index is 1.46. The van der Waals surface area contributed by atoms with Crippen LogP contribution in [0.2, 0.25) is 0 Å². The molecule has 0 atom stereocenters. The molecule has 3 aromatic rings. The van der Waals surface area contributed by atoms with Crippen LogP contribution in [-0.2, 0) is 30.7 Å². The van der Waals surface area contributed by atoms with Gasteiger partial charge in [-0.15, -0.1) is 0 Å². The van der Waals surface area contributed by atoms with Crippen molar-refractivity contribution in [1.29, 1.82) is 0 Å². The largest absolute Gasteiger partial charge is 0.465 e. The number of methoxy groups -OCH3 is 1. The lowest BCUT2D eigenvalue weighted by Crippen LogP contribution is -2.32. The third kappa shape index (κ3) is 3.63. The predicted molar refractivity (Wildman–Crippen MR) is 107 cm³/mol. The fourth-order valence-electron chi connectivity index (χ4n) is 3.70. The SMILES string of the molecule is COC(=O)c1ccc(N2CCc3c(ncn3CCc3ccccc3)C2)nc1C. The molecule has 0 aliphatic carbocycles. The maximum atomic E-state index is 11.8. The molecule has 2 aromatic heterocycles. The molecular weight excluding hydrogens is 352 g/mol. The summed E-state index contributed by atoms with van der Waals surface area (Å²) in [5.74, 6) is 0.518. The van der Waals surface area contributed by atoms with Gasteiger partial charge >= 0.3 is 5.97 Å². The quantitative estimate of drug-likeness (QED) is 0.640. The zero-order chi connectivity index (χ0) is 19.5. The van der Waals surface area contributed by atoms with Crippen LogP contribution in [0.25, 0.3) is 0 Å². The standard InChI is InChI=1S/C22H24N4O2/c1-16-18(22(27)28-2)8-9-21(24-16)25-13-11-20-19(14-25)23-15-26(20)12-10-17-6-4-3-5-7-17/h3-9,15H,10-14H2,1-2H3. The van der Waals surface area contributed by atoms with Gasteiger partial charge in [0.25, 0.3) is 0 Å². The molecule has 0 N–H and O–H groups in total. The van der Waals surface area contributed by atoms with E-state index in [1.807, 2.05) is 25.4 Å². The van der Waals surface area contributed by atoms with Crippen LogP contribution in [0.15, 0.2) is 48.8 Å². The van der Waals surface area contributed by atoms with Gasteiger partial charge in [-0.2, -0.15) is 0 Å². The van der Waals surface area contributed by atoms with Crippen LogP contribution in [0.1, 0.15) is 33.0 Å². The Morgan fingerprint density at radius 2 is 2.00 bits per heavy atom. The van der Waals surface area contributed by atoms with E-state index in [2.05, 4.69) is 43.7 Å². The number of esters is 1. The Hall–Kier alpha value is -3.15. The number of nitrogens with zero attached hydrogens (tertiary/aromatic N) is 4. The van der Waals surface area contributed by atoms with Gasteiger partial charge in [0, 0.05) is 25.2 Å². The van der Waals surface area contributed by atoms with E-state index in [9.17, 15) is 4.79 Å². The number of anilines is 1. The van der Waals surface area contributed by atoms with Crippen LogP contribution in [0.3, 0.4) is 0 Å². The van der Waals surface area contributed by atoms with Gasteiger partial charge in [0.05, 0.1) is 36.9 Å². The molecule has 28 heavy (non-hydrogen) atoms. The molecule has 6 heteroatoms. The van der Waals surface area contributed by atoms with E-state index in [4.69, 9.17) is 4.74 Å². The summed E-state index contributed by atoms with van der Waals surface area (Å²) in [6, 6.07) is 14.2. The number of carbonyl (C=O) groups excluding carboxylic acids is 1. The van der Waals surface area contributed by atoms with E-state index in [1.165, 1.54) is 18.4 Å². The highest BCUT2D eigenvalue weighted by Crippen LogP contribution is 2.24. The molecule has 1 aromatic carbocycles. The Bertz CT molecular complexity index is 981. The lowest BCUT2D eigenvalue weighted by Gasteiger charge is -2.28. The second kappa shape index (κ2) is 7.84. The molecule has 1 aliphatic heterocycles. The highest BCUT2D eigenvalue weighted by atomic mass is 16.5. The molecule has 0 saturated heterocycles. The second-order valence-electron chi connectivity index (χ2n) is 7.03. The average Bonchev–Trinajstić information content (AvgIpc) is 3.14. The van der Waals surface area contributed by atoms with Crippen LogP contribution in [0.4, 0.5) is 5.82 Å². The number of aryl methyl sites for hydroxylation is 3. The van der Waals surface area contributed by atoms with Gasteiger partial charge < -0.3 is 14.2 Å². The molecule has 0 saturated carbocycles. The molecule has 6 nitrogen and oxygen atoms in total. The number of aromatic nitrogens is 3. The van der Waals surface area contributed by atoms with Gasteiger partial charge in [-0.3, -0.25) is 0 Å². The van der Waals surface area contributed by atoms with E-state index in [1.54, 1.807) is 6.07 Å². The monoisotopic (exact) mass is 376 g/mol. The lowest BCUT2D eigenvalue weighted by atomic mass is 10.1. The van der Waals surface area contributed by atoms with E-state index < -0.39 is 0 Å². The predicted octanol–water partition coefficient (Wildman–Crippen LogP) is 3.18. The van der Waals surface area contributed by atoms with E-state index >= 15 is 0 Å². The first-order chi connectivity index (χ1) is 13.7. The minimum Gasteiger partial charge on any atom is -0.465 e. The van der Waals surface area contributed by atoms with Gasteiger partial charge in [-0.1, -0.05) is 30.3 Å². The van der Waals surface area contributed by atoms with Crippen LogP contribution in [-0.4, -0.2) is 34.2 Å². The zero-order valence-electron chi connectivity index (χ0n) is 16.3. The number of imidazole rings is 1. The average molecular weight is 376 g/mol. The molecule has 144 valence electrons. The maximum Gasteiger partial charge on any atom is 0.339 e. The molecule has 0 amide bonds. The minimum atomic E-state index is -0.352.